The molecule has 62 heteroatoms. The van der Waals surface area contributed by atoms with Gasteiger partial charge in [-0.2, -0.15) is 0 Å². The summed E-state index contributed by atoms with van der Waals surface area (Å²) >= 11 is 0. The Hall–Kier alpha value is -6.08. The van der Waals surface area contributed by atoms with Crippen molar-refractivity contribution in [3.63, 3.8) is 0 Å². The number of carbonyl (C=O) groups excluding carboxylic acids is 8. The first kappa shape index (κ1) is 129. The van der Waals surface area contributed by atoms with E-state index in [0.29, 0.717) is 38.5 Å². The van der Waals surface area contributed by atoms with Crippen molar-refractivity contribution in [2.24, 2.45) is 0 Å². The summed E-state index contributed by atoms with van der Waals surface area (Å²) in [6.07, 6.45) is -55.6. The monoisotopic (exact) mass is 2180 g/mol. The number of hydrogen-bond donors (Lipinski definition) is 32. The van der Waals surface area contributed by atoms with Gasteiger partial charge in [-0.05, 0) is 25.9 Å². The molecule has 0 radical (unpaired) electrons. The Bertz CT molecular complexity index is 3440. The van der Waals surface area contributed by atoms with Gasteiger partial charge in [-0.15, -0.1) is 0 Å². The normalized spacial score (nSPS) is 36.3. The van der Waals surface area contributed by atoms with Crippen LogP contribution in [-0.4, -0.2) is 623 Å². The second-order valence-electron chi connectivity index (χ2n) is 36.8. The number of rotatable bonds is 65. The van der Waals surface area contributed by atoms with Crippen molar-refractivity contribution in [2.75, 3.05) is 198 Å². The number of nitrogens with zero attached hydrogens (tertiary/aromatic N) is 2. The summed E-state index contributed by atoms with van der Waals surface area (Å²) in [7, 11) is 0. The molecule has 8 aliphatic heterocycles. The molecule has 0 aromatic rings. The summed E-state index contributed by atoms with van der Waals surface area (Å²) < 4.78 is 114. The van der Waals surface area contributed by atoms with Crippen LogP contribution in [0.25, 0.3) is 0 Å². The summed E-state index contributed by atoms with van der Waals surface area (Å²) in [5.41, 5.74) is 0. The molecule has 8 saturated heterocycles. The first-order chi connectivity index (χ1) is 71.7. The van der Waals surface area contributed by atoms with Crippen LogP contribution in [0.4, 0.5) is 0 Å². The number of unbranched alkanes of at least 4 members (excludes halogenated alkanes) is 5. The minimum absolute atomic E-state index is 0.0575. The Morgan fingerprint density at radius 2 is 0.413 bits per heavy atom. The maximum Gasteiger partial charge on any atom is 0.234 e. The van der Waals surface area contributed by atoms with E-state index >= 15 is 0 Å². The summed E-state index contributed by atoms with van der Waals surface area (Å²) in [6, 6.07) is -5.51. The van der Waals surface area contributed by atoms with Crippen LogP contribution in [0.15, 0.2) is 0 Å². The number of aliphatic hydroxyl groups excluding tert-OH is 24. The van der Waals surface area contributed by atoms with Crippen molar-refractivity contribution in [3.05, 3.63) is 0 Å². The molecule has 870 valence electrons. The number of aliphatic hydroxyl groups is 24. The van der Waals surface area contributed by atoms with Crippen LogP contribution in [0.3, 0.4) is 0 Å². The molecular weight excluding hydrogens is 2030 g/mol. The third kappa shape index (κ3) is 39.0. The van der Waals surface area contributed by atoms with Crippen LogP contribution in [-0.2, 0) is 133 Å². The van der Waals surface area contributed by atoms with E-state index in [2.05, 4.69) is 42.5 Å². The highest BCUT2D eigenvalue weighted by atomic mass is 16.8. The summed E-state index contributed by atoms with van der Waals surface area (Å²) in [5.74, 6) is -4.69. The molecule has 0 bridgehead atoms. The molecule has 8 aliphatic rings. The molecule has 0 spiro atoms. The van der Waals surface area contributed by atoms with Gasteiger partial charge in [0.1, 0.15) is 195 Å². The van der Waals surface area contributed by atoms with Crippen LogP contribution < -0.4 is 42.5 Å². The van der Waals surface area contributed by atoms with Crippen molar-refractivity contribution in [1.29, 1.82) is 0 Å². The fourth-order valence-electron chi connectivity index (χ4n) is 17.6. The standard InChI is InChI=1S/C88H156N10O52/c1-41(107)93-57-65(119)77(147-85-73(127)69(123)61(115)45(33-99)139-85)49(37-103)143-81(57)135-25-21-131-17-11-89-53(111)29-97(30-54(112)90-12-18-132-22-26-136-82-58(94-42(2)108)66(120)78(50(38-104)144-82)148-86-74(128)70(124)62(116)46(34-100)140-86)15-9-7-5-6-8-10-16-98(31-55(113)91-13-19-133-23-27-137-83-59(95-43(3)109)67(121)79(51(39-105)145-83)149-87-75(129)71(125)63(117)47(35-101)141-87)32-56(114)92-14-20-134-24-28-138-84-60(96-44(4)110)68(122)80(52(40-106)146-84)150-88-76(130)72(126)64(118)48(36-102)142-88/h45-52,57-88,99-106,115-130H,5-40H2,1-4H3,(H,89,111)(H,90,112)(H,91,113)(H,92,114)(H,93,107)(H,94,108)(H,95,109)(H,96,110)/t45-,46-,47-,48-,49-,50-,51-,52-,57-,58-,59-,60-,61+,62+,63+,64+,65+,66+,67+,68+,69+,70+,71+,72+,73-,74-,75-,76-,77-,78-,79-,80-,81-,82-,83-,84-,85+,86+,87+,88+/m1/s1. The third-order valence-electron chi connectivity index (χ3n) is 25.4. The summed E-state index contributed by atoms with van der Waals surface area (Å²) in [4.78, 5) is 107. The number of carbonyl (C=O) groups is 8. The molecule has 32 N–H and O–H groups in total. The minimum atomic E-state index is -1.90. The van der Waals surface area contributed by atoms with Gasteiger partial charge in [0, 0.05) is 53.9 Å². The number of nitrogens with one attached hydrogen (secondary N) is 8. The lowest BCUT2D eigenvalue weighted by Crippen LogP contribution is -2.67. The first-order valence-electron chi connectivity index (χ1n) is 49.7. The van der Waals surface area contributed by atoms with Gasteiger partial charge in [0.2, 0.25) is 47.3 Å². The SMILES string of the molecule is CC(=O)N[C@H]1[C@H](OCCOCCNC(=O)CN(CCCCCCCCN(CC(=O)NCCOCCO[C@@H]2O[C@H](CO)[C@@H](O[C@@H]3O[C@H](CO)[C@H](O)[C@H](O)[C@H]3O)[C@@H](O)[C@H]2NC(C)=O)CC(=O)NCCOCCO[C@@H]2O[C@H](CO)[C@@H](O[C@@H]3O[C@H](CO)[C@H](O)[C@H](O)[C@H]3O)[C@@H](O)[C@H]2NC(C)=O)CC(=O)NCCOCCO[C@@H]2O[C@H](CO)[C@@H](O[C@@H]3O[C@H](CO)[C@H](O)[C@H](O)[C@H]3O)[C@@H](O)[C@H]2NC(C)=O)O[C@H](CO)[C@@H](O[C@@H]2O[C@H](CO)[C@H](O)[C@H](O)[C@H]2O)[C@H]1O. The van der Waals surface area contributed by atoms with E-state index in [1.165, 1.54) is 0 Å². The van der Waals surface area contributed by atoms with Crippen LogP contribution in [0.2, 0.25) is 0 Å². The fourth-order valence-corrected chi connectivity index (χ4v) is 17.6. The molecule has 0 unspecified atom stereocenters. The molecule has 0 saturated carbocycles. The molecule has 0 aromatic heterocycles. The van der Waals surface area contributed by atoms with Crippen LogP contribution in [0, 0.1) is 0 Å². The second-order valence-corrected chi connectivity index (χ2v) is 36.8. The highest BCUT2D eigenvalue weighted by Gasteiger charge is 2.58. The Morgan fingerprint density at radius 3 is 0.600 bits per heavy atom. The summed E-state index contributed by atoms with van der Waals surface area (Å²) in [6.45, 7) is -4.83. The van der Waals surface area contributed by atoms with Crippen molar-refractivity contribution >= 4 is 47.3 Å². The van der Waals surface area contributed by atoms with Gasteiger partial charge in [-0.3, -0.25) is 48.2 Å². The highest BCUT2D eigenvalue weighted by molar-refractivity contribution is 5.82. The number of ether oxygens (including phenoxy) is 20. The quantitative estimate of drug-likeness (QED) is 0.0251. The van der Waals surface area contributed by atoms with Gasteiger partial charge < -0.3 is 260 Å². The van der Waals surface area contributed by atoms with E-state index < -0.39 is 346 Å². The zero-order valence-corrected chi connectivity index (χ0v) is 83.6. The average Bonchev–Trinajstić information content (AvgIpc) is 0.789. The Kier molecular flexibility index (Phi) is 57.3. The topological polar surface area (TPSA) is 909 Å². The van der Waals surface area contributed by atoms with Crippen molar-refractivity contribution in [1.82, 2.24) is 52.3 Å². The average molecular weight is 2190 g/mol. The zero-order chi connectivity index (χ0) is 110. The Morgan fingerprint density at radius 1 is 0.227 bits per heavy atom. The molecular formula is C88H156N10O52. The predicted octanol–water partition coefficient (Wildman–Crippen LogP) is -20.4. The molecule has 8 rings (SSSR count). The van der Waals surface area contributed by atoms with Crippen LogP contribution in [0.5, 0.6) is 0 Å². The minimum Gasteiger partial charge on any atom is -0.394 e. The van der Waals surface area contributed by atoms with E-state index in [0.717, 1.165) is 27.7 Å². The van der Waals surface area contributed by atoms with Crippen molar-refractivity contribution in [3.8, 4) is 0 Å². The smallest absolute Gasteiger partial charge is 0.234 e. The van der Waals surface area contributed by atoms with E-state index in [4.69, 9.17) is 94.7 Å². The van der Waals surface area contributed by atoms with Gasteiger partial charge in [0.25, 0.3) is 0 Å². The molecule has 62 nitrogen and oxygen atoms in total. The zero-order valence-electron chi connectivity index (χ0n) is 83.6. The van der Waals surface area contributed by atoms with Crippen LogP contribution in [0.1, 0.15) is 66.2 Å². The fraction of sp³-hybridized carbons (Fsp3) is 0.909. The third-order valence-corrected chi connectivity index (χ3v) is 25.4. The maximum atomic E-state index is 13.6. The predicted molar refractivity (Wildman–Crippen MR) is 492 cm³/mol. The molecule has 0 aliphatic carbocycles. The number of hydrogen-bond acceptors (Lipinski definition) is 54. The molecule has 8 heterocycles. The van der Waals surface area contributed by atoms with Gasteiger partial charge in [0.15, 0.2) is 50.3 Å². The van der Waals surface area contributed by atoms with E-state index in [1.54, 1.807) is 9.80 Å². The summed E-state index contributed by atoms with van der Waals surface area (Å²) in [5, 5.41) is 272. The maximum absolute atomic E-state index is 13.6. The number of amides is 8. The molecule has 8 amide bonds. The van der Waals surface area contributed by atoms with Crippen molar-refractivity contribution < 1.29 is 256 Å². The largest absolute Gasteiger partial charge is 0.394 e. The molecule has 150 heavy (non-hydrogen) atoms. The lowest BCUT2D eigenvalue weighted by Gasteiger charge is -2.47. The van der Waals surface area contributed by atoms with E-state index in [-0.39, 0.29) is 145 Å². The molecule has 40 atom stereocenters. The Balaban J connectivity index is 0.835. The van der Waals surface area contributed by atoms with Gasteiger partial charge >= 0.3 is 0 Å². The lowest BCUT2D eigenvalue weighted by molar-refractivity contribution is -0.348. The second kappa shape index (κ2) is 66.6. The Labute approximate surface area is 861 Å². The first-order valence-corrected chi connectivity index (χ1v) is 49.7. The van der Waals surface area contributed by atoms with Gasteiger partial charge in [-0.25, -0.2) is 0 Å². The van der Waals surface area contributed by atoms with E-state index in [1.807, 2.05) is 0 Å². The van der Waals surface area contributed by atoms with Gasteiger partial charge in [-0.1, -0.05) is 25.7 Å². The van der Waals surface area contributed by atoms with Gasteiger partial charge in [0.05, 0.1) is 158 Å². The molecule has 8 fully saturated rings. The highest BCUT2D eigenvalue weighted by Crippen LogP contribution is 2.36. The van der Waals surface area contributed by atoms with Crippen molar-refractivity contribution in [2.45, 2.75) is 312 Å². The molecule has 0 aromatic carbocycles. The lowest BCUT2D eigenvalue weighted by atomic mass is 9.95. The van der Waals surface area contributed by atoms with E-state index in [9.17, 15) is 161 Å². The van der Waals surface area contributed by atoms with Crippen LogP contribution >= 0.6 is 0 Å².